The second kappa shape index (κ2) is 13.4. The van der Waals surface area contributed by atoms with E-state index in [4.69, 9.17) is 9.47 Å². The van der Waals surface area contributed by atoms with Gasteiger partial charge >= 0.3 is 0 Å². The monoisotopic (exact) mass is 577 g/mol. The first-order chi connectivity index (χ1) is 20.3. The first kappa shape index (κ1) is 30.3. The maximum Gasteiger partial charge on any atom is 0.200 e. The number of aliphatic hydroxyl groups excluding tert-OH is 1. The van der Waals surface area contributed by atoms with Gasteiger partial charge in [-0.1, -0.05) is 30.7 Å². The Balaban J connectivity index is 1.36. The van der Waals surface area contributed by atoms with Crippen LogP contribution in [0.2, 0.25) is 0 Å². The third-order valence-corrected chi connectivity index (χ3v) is 9.42. The number of methoxy groups -OCH3 is 1. The summed E-state index contributed by atoms with van der Waals surface area (Å²) in [7, 11) is 3.44. The zero-order chi connectivity index (χ0) is 29.8. The molecule has 3 aromatic rings. The molecule has 0 amide bonds. The summed E-state index contributed by atoms with van der Waals surface area (Å²) >= 11 is 0. The van der Waals surface area contributed by atoms with E-state index in [9.17, 15) is 20.4 Å². The van der Waals surface area contributed by atoms with Gasteiger partial charge in [0.15, 0.2) is 11.5 Å². The molecular formula is C34H45N2O6-. The average Bonchev–Trinajstić information content (AvgIpc) is 3.50. The van der Waals surface area contributed by atoms with Crippen LogP contribution < -0.4 is 15.0 Å². The predicted molar refractivity (Wildman–Crippen MR) is 161 cm³/mol. The normalized spacial score (nSPS) is 24.7. The van der Waals surface area contributed by atoms with Crippen LogP contribution in [0.1, 0.15) is 85.3 Å². The molecule has 2 aromatic carbocycles. The summed E-state index contributed by atoms with van der Waals surface area (Å²) in [6.07, 6.45) is 8.72. The molecule has 0 bridgehead atoms. The van der Waals surface area contributed by atoms with E-state index >= 15 is 0 Å². The fourth-order valence-corrected chi connectivity index (χ4v) is 6.92. The number of aromatic nitrogens is 1. The van der Waals surface area contributed by atoms with Crippen molar-refractivity contribution in [1.29, 1.82) is 0 Å². The van der Waals surface area contributed by atoms with Gasteiger partial charge in [-0.25, -0.2) is 0 Å². The molecule has 1 aliphatic carbocycles. The fourth-order valence-electron chi connectivity index (χ4n) is 6.92. The SMILES string of the molecule is CNCC[C@H](C)CCc1cc([C@@H]2CC[C@H]3[C@H](C2)O[C@H](c2cc(O)c(O)c(OC)c2Cc2cc[n-]c2)C[C@@H]3O)ccc1O. The third-order valence-electron chi connectivity index (χ3n) is 9.42. The van der Waals surface area contributed by atoms with Crippen molar-refractivity contribution in [3.8, 4) is 23.0 Å². The lowest BCUT2D eigenvalue weighted by atomic mass is 9.71. The Morgan fingerprint density at radius 3 is 2.64 bits per heavy atom. The summed E-state index contributed by atoms with van der Waals surface area (Å²) in [5, 5.41) is 46.2. The molecule has 5 N–H and O–H groups in total. The number of rotatable bonds is 11. The molecule has 0 radical (unpaired) electrons. The van der Waals surface area contributed by atoms with E-state index in [0.29, 0.717) is 30.1 Å². The Hall–Kier alpha value is -3.20. The minimum atomic E-state index is -0.542. The van der Waals surface area contributed by atoms with Crippen molar-refractivity contribution in [1.82, 2.24) is 10.3 Å². The molecule has 2 fully saturated rings. The molecule has 0 unspecified atom stereocenters. The molecule has 2 aliphatic rings. The number of ether oxygens (including phenoxy) is 2. The summed E-state index contributed by atoms with van der Waals surface area (Å²) in [4.78, 5) is 4.16. The lowest BCUT2D eigenvalue weighted by molar-refractivity contribution is -0.154. The average molecular weight is 578 g/mol. The van der Waals surface area contributed by atoms with Crippen LogP contribution in [0.15, 0.2) is 42.7 Å². The molecule has 6 atom stereocenters. The van der Waals surface area contributed by atoms with Gasteiger partial charge in [-0.15, -0.1) is 0 Å². The first-order valence-corrected chi connectivity index (χ1v) is 15.3. The van der Waals surface area contributed by atoms with Crippen LogP contribution in [0.25, 0.3) is 0 Å². The number of fused-ring (bicyclic) bond motifs is 1. The smallest absolute Gasteiger partial charge is 0.200 e. The highest BCUT2D eigenvalue weighted by molar-refractivity contribution is 5.59. The Bertz CT molecular complexity index is 1330. The van der Waals surface area contributed by atoms with Crippen molar-refractivity contribution in [3.05, 3.63) is 70.5 Å². The van der Waals surface area contributed by atoms with Gasteiger partial charge in [-0.2, -0.15) is 12.4 Å². The molecule has 1 aliphatic heterocycles. The minimum Gasteiger partial charge on any atom is -0.670 e. The van der Waals surface area contributed by atoms with E-state index in [-0.39, 0.29) is 35.2 Å². The standard InChI is InChI=1S/C34H45N2O6/c1-20(10-12-35-2)4-5-24-15-22(7-9-28(24)37)23-6-8-25-29(38)18-32(42-31(25)16-23)26-17-30(39)33(40)34(41-3)27(26)14-21-11-13-36-19-21/h7,9,11,13,15,17,19-20,23,25,29,31-32,35,37-40H,4-6,8,10,12,14,16,18H2,1-3H3/q-1/t20-,23-,25-,29+,31+,32+/m1/s1. The highest BCUT2D eigenvalue weighted by Gasteiger charge is 2.43. The number of phenols is 3. The van der Waals surface area contributed by atoms with Crippen molar-refractivity contribution in [2.45, 2.75) is 82.5 Å². The second-order valence-electron chi connectivity index (χ2n) is 12.3. The first-order valence-electron chi connectivity index (χ1n) is 15.3. The molecule has 0 spiro atoms. The zero-order valence-corrected chi connectivity index (χ0v) is 24.9. The second-order valence-corrected chi connectivity index (χ2v) is 12.3. The molecule has 2 heterocycles. The molecule has 42 heavy (non-hydrogen) atoms. The Morgan fingerprint density at radius 2 is 1.90 bits per heavy atom. The van der Waals surface area contributed by atoms with Gasteiger partial charge in [0.2, 0.25) is 5.75 Å². The molecular weight excluding hydrogens is 532 g/mol. The summed E-state index contributed by atoms with van der Waals surface area (Å²) in [6.45, 7) is 3.25. The largest absolute Gasteiger partial charge is 0.670 e. The van der Waals surface area contributed by atoms with Gasteiger partial charge in [0.1, 0.15) is 5.75 Å². The van der Waals surface area contributed by atoms with E-state index in [0.717, 1.165) is 61.8 Å². The number of nitrogens with zero attached hydrogens (tertiary/aromatic N) is 1. The van der Waals surface area contributed by atoms with E-state index < -0.39 is 12.2 Å². The van der Waals surface area contributed by atoms with Gasteiger partial charge in [0, 0.05) is 17.9 Å². The van der Waals surface area contributed by atoms with Crippen LogP contribution >= 0.6 is 0 Å². The van der Waals surface area contributed by atoms with Crippen LogP contribution in [0, 0.1) is 11.8 Å². The Labute approximate surface area is 248 Å². The minimum absolute atomic E-state index is 0.0393. The fraction of sp³-hybridized carbons (Fsp3) is 0.529. The van der Waals surface area contributed by atoms with Crippen LogP contribution in [0.5, 0.6) is 23.0 Å². The maximum absolute atomic E-state index is 11.3. The summed E-state index contributed by atoms with van der Waals surface area (Å²) in [5.41, 5.74) is 4.58. The quantitative estimate of drug-likeness (QED) is 0.194. The van der Waals surface area contributed by atoms with Gasteiger partial charge < -0.3 is 40.2 Å². The van der Waals surface area contributed by atoms with E-state index in [1.165, 1.54) is 12.7 Å². The molecule has 8 heteroatoms. The molecule has 1 saturated heterocycles. The van der Waals surface area contributed by atoms with Crippen LogP contribution in [0.4, 0.5) is 0 Å². The number of aromatic hydroxyl groups is 3. The van der Waals surface area contributed by atoms with Crippen molar-refractivity contribution in [2.75, 3.05) is 20.7 Å². The number of hydrogen-bond acceptors (Lipinski definition) is 7. The number of benzene rings is 2. The summed E-state index contributed by atoms with van der Waals surface area (Å²) in [6, 6.07) is 9.47. The molecule has 1 saturated carbocycles. The summed E-state index contributed by atoms with van der Waals surface area (Å²) < 4.78 is 12.3. The Morgan fingerprint density at radius 1 is 1.07 bits per heavy atom. The van der Waals surface area contributed by atoms with Crippen molar-refractivity contribution in [3.63, 3.8) is 0 Å². The molecule has 228 valence electrons. The number of phenolic OH excluding ortho intramolecular Hbond substituents is 3. The zero-order valence-electron chi connectivity index (χ0n) is 24.9. The van der Waals surface area contributed by atoms with Crippen LogP contribution in [-0.4, -0.2) is 53.3 Å². The molecule has 1 aromatic heterocycles. The van der Waals surface area contributed by atoms with Gasteiger partial charge in [-0.3, -0.25) is 0 Å². The van der Waals surface area contributed by atoms with Gasteiger partial charge in [-0.05, 0) is 99.2 Å². The topological polar surface area (TPSA) is 126 Å². The maximum atomic E-state index is 11.3. The van der Waals surface area contributed by atoms with Crippen LogP contribution in [-0.2, 0) is 17.6 Å². The van der Waals surface area contributed by atoms with Crippen molar-refractivity contribution in [2.24, 2.45) is 11.8 Å². The van der Waals surface area contributed by atoms with E-state index in [1.54, 1.807) is 18.5 Å². The van der Waals surface area contributed by atoms with Crippen molar-refractivity contribution >= 4 is 0 Å². The van der Waals surface area contributed by atoms with Crippen LogP contribution in [0.3, 0.4) is 0 Å². The van der Waals surface area contributed by atoms with E-state index in [2.05, 4.69) is 23.3 Å². The predicted octanol–water partition coefficient (Wildman–Crippen LogP) is 5.31. The van der Waals surface area contributed by atoms with Gasteiger partial charge in [0.05, 0.1) is 25.4 Å². The number of nitrogens with one attached hydrogen (secondary N) is 1. The third kappa shape index (κ3) is 6.56. The molecule has 8 nitrogen and oxygen atoms in total. The lowest BCUT2D eigenvalue weighted by Gasteiger charge is -2.45. The lowest BCUT2D eigenvalue weighted by Crippen LogP contribution is -2.44. The van der Waals surface area contributed by atoms with Crippen molar-refractivity contribution < 1.29 is 29.9 Å². The van der Waals surface area contributed by atoms with Gasteiger partial charge in [0.25, 0.3) is 0 Å². The molecule has 5 rings (SSSR count). The highest BCUT2D eigenvalue weighted by Crippen LogP contribution is 2.50. The highest BCUT2D eigenvalue weighted by atomic mass is 16.5. The Kier molecular flexibility index (Phi) is 9.66. The number of aryl methyl sites for hydroxylation is 1. The van der Waals surface area contributed by atoms with E-state index in [1.807, 2.05) is 25.2 Å². The summed E-state index contributed by atoms with van der Waals surface area (Å²) in [5.74, 6) is 0.861. The number of aliphatic hydroxyl groups is 1. The number of hydrogen-bond donors (Lipinski definition) is 5.